The van der Waals surface area contributed by atoms with Crippen LogP contribution >= 0.6 is 27.5 Å². The smallest absolute Gasteiger partial charge is 0.263 e. The topological polar surface area (TPSA) is 42.4 Å². The van der Waals surface area contributed by atoms with E-state index in [1.807, 2.05) is 0 Å². The third-order valence-corrected chi connectivity index (χ3v) is 5.84. The van der Waals surface area contributed by atoms with Crippen molar-refractivity contribution in [3.05, 3.63) is 51.3 Å². The first kappa shape index (κ1) is 17.7. The van der Waals surface area contributed by atoms with Gasteiger partial charge in [-0.1, -0.05) is 17.7 Å². The number of hydrogen-bond acceptors (Lipinski definition) is 3. The number of fused-ring (bicyclic) bond motifs is 1. The third-order valence-electron chi connectivity index (χ3n) is 5.09. The van der Waals surface area contributed by atoms with Crippen molar-refractivity contribution < 1.29 is 13.9 Å². The average molecular weight is 440 g/mol. The van der Waals surface area contributed by atoms with E-state index in [0.717, 1.165) is 29.2 Å². The molecule has 2 aliphatic carbocycles. The van der Waals surface area contributed by atoms with Crippen LogP contribution in [0.3, 0.4) is 0 Å². The van der Waals surface area contributed by atoms with Crippen LogP contribution < -0.4 is 9.64 Å². The summed E-state index contributed by atoms with van der Waals surface area (Å²) in [4.78, 5) is 18.4. The lowest BCUT2D eigenvalue weighted by Crippen LogP contribution is -2.29. The Morgan fingerprint density at radius 1 is 1.35 bits per heavy atom. The van der Waals surface area contributed by atoms with E-state index in [9.17, 15) is 9.18 Å². The number of anilines is 1. The number of hydrogen-bond donors (Lipinski definition) is 0. The lowest BCUT2D eigenvalue weighted by molar-refractivity contribution is 0.0986. The van der Waals surface area contributed by atoms with E-state index in [2.05, 4.69) is 20.9 Å². The zero-order valence-corrected chi connectivity index (χ0v) is 16.4. The fourth-order valence-electron chi connectivity index (χ4n) is 3.65. The third kappa shape index (κ3) is 3.32. The van der Waals surface area contributed by atoms with Crippen LogP contribution in [-0.4, -0.2) is 24.0 Å². The SMILES string of the molecule is CN(C(=O)c1c(F)cccc1Cl)c1ncc(Br)cc1OC1C[C@@H]2C[C@@H]2C1. The first-order chi connectivity index (χ1) is 12.4. The van der Waals surface area contributed by atoms with Gasteiger partial charge in [-0.3, -0.25) is 9.69 Å². The molecule has 2 aromatic rings. The van der Waals surface area contributed by atoms with Crippen LogP contribution in [0.5, 0.6) is 5.75 Å². The van der Waals surface area contributed by atoms with Gasteiger partial charge >= 0.3 is 0 Å². The summed E-state index contributed by atoms with van der Waals surface area (Å²) < 4.78 is 21.0. The van der Waals surface area contributed by atoms with E-state index in [0.29, 0.717) is 11.6 Å². The Hall–Kier alpha value is -1.66. The highest BCUT2D eigenvalue weighted by molar-refractivity contribution is 9.10. The molecule has 1 aromatic heterocycles. The molecule has 3 atom stereocenters. The van der Waals surface area contributed by atoms with E-state index in [1.165, 1.54) is 29.5 Å². The van der Waals surface area contributed by atoms with Crippen molar-refractivity contribution in [1.29, 1.82) is 0 Å². The number of benzene rings is 1. The molecule has 0 saturated heterocycles. The molecule has 2 aliphatic rings. The van der Waals surface area contributed by atoms with E-state index in [4.69, 9.17) is 16.3 Å². The monoisotopic (exact) mass is 438 g/mol. The minimum Gasteiger partial charge on any atom is -0.486 e. The number of amides is 1. The minimum absolute atomic E-state index is 0.0670. The minimum atomic E-state index is -0.662. The first-order valence-corrected chi connectivity index (χ1v) is 9.65. The fourth-order valence-corrected chi connectivity index (χ4v) is 4.21. The zero-order chi connectivity index (χ0) is 18.4. The summed E-state index contributed by atoms with van der Waals surface area (Å²) in [5.41, 5.74) is -0.172. The van der Waals surface area contributed by atoms with Gasteiger partial charge in [-0.05, 0) is 65.2 Å². The molecule has 0 N–H and O–H groups in total. The van der Waals surface area contributed by atoms with Gasteiger partial charge in [0, 0.05) is 17.7 Å². The lowest BCUT2D eigenvalue weighted by Gasteiger charge is -2.23. The number of ether oxygens (including phenoxy) is 1. The second-order valence-corrected chi connectivity index (χ2v) is 8.23. The maximum Gasteiger partial charge on any atom is 0.263 e. The van der Waals surface area contributed by atoms with Gasteiger partial charge in [0.25, 0.3) is 5.91 Å². The van der Waals surface area contributed by atoms with Crippen molar-refractivity contribution in [3.8, 4) is 5.75 Å². The van der Waals surface area contributed by atoms with Crippen LogP contribution in [0, 0.1) is 17.7 Å². The van der Waals surface area contributed by atoms with Crippen molar-refractivity contribution in [3.63, 3.8) is 0 Å². The van der Waals surface area contributed by atoms with Crippen LogP contribution in [0.15, 0.2) is 34.9 Å². The summed E-state index contributed by atoms with van der Waals surface area (Å²) in [6, 6.07) is 5.96. The van der Waals surface area contributed by atoms with Crippen LogP contribution in [0.25, 0.3) is 0 Å². The first-order valence-electron chi connectivity index (χ1n) is 8.48. The lowest BCUT2D eigenvalue weighted by atomic mass is 10.2. The highest BCUT2D eigenvalue weighted by Crippen LogP contribution is 2.53. The molecule has 4 nitrogen and oxygen atoms in total. The second kappa shape index (κ2) is 6.82. The van der Waals surface area contributed by atoms with Gasteiger partial charge < -0.3 is 4.74 Å². The molecule has 136 valence electrons. The number of nitrogens with zero attached hydrogens (tertiary/aromatic N) is 2. The predicted molar refractivity (Wildman–Crippen MR) is 101 cm³/mol. The van der Waals surface area contributed by atoms with E-state index in [1.54, 1.807) is 19.3 Å². The highest BCUT2D eigenvalue weighted by Gasteiger charge is 2.47. The molecule has 0 radical (unpaired) electrons. The van der Waals surface area contributed by atoms with Gasteiger partial charge in [-0.25, -0.2) is 9.37 Å². The van der Waals surface area contributed by atoms with Crippen molar-refractivity contribution >= 4 is 39.3 Å². The van der Waals surface area contributed by atoms with Crippen molar-refractivity contribution in [1.82, 2.24) is 4.98 Å². The Labute approximate surface area is 164 Å². The summed E-state index contributed by atoms with van der Waals surface area (Å²) in [6.45, 7) is 0. The molecule has 26 heavy (non-hydrogen) atoms. The number of carbonyl (C=O) groups excluding carboxylic acids is 1. The summed E-state index contributed by atoms with van der Waals surface area (Å²) in [6.07, 6.45) is 5.09. The molecular formula is C19H17BrClFN2O2. The number of aromatic nitrogens is 1. The van der Waals surface area contributed by atoms with Crippen molar-refractivity contribution in [2.75, 3.05) is 11.9 Å². The molecule has 1 aromatic carbocycles. The van der Waals surface area contributed by atoms with Gasteiger partial charge in [0.05, 0.1) is 16.7 Å². The normalized spacial score (nSPS) is 23.5. The second-order valence-electron chi connectivity index (χ2n) is 6.90. The Morgan fingerprint density at radius 2 is 2.08 bits per heavy atom. The van der Waals surface area contributed by atoms with Gasteiger partial charge in [0.1, 0.15) is 5.82 Å². The van der Waals surface area contributed by atoms with Crippen molar-refractivity contribution in [2.45, 2.75) is 25.4 Å². The number of carbonyl (C=O) groups is 1. The molecule has 1 amide bonds. The Morgan fingerprint density at radius 3 is 2.77 bits per heavy atom. The molecule has 2 fully saturated rings. The standard InChI is InChI=1S/C19H17BrClFN2O2/c1-24(19(25)17-14(21)3-2-4-15(17)22)18-16(8-12(20)9-23-18)26-13-6-10-5-11(10)7-13/h2-4,8-11,13H,5-7H2,1H3/t10-,11+,13?. The quantitative estimate of drug-likeness (QED) is 0.666. The molecule has 7 heteroatoms. The van der Waals surface area contributed by atoms with Crippen LogP contribution in [-0.2, 0) is 0 Å². The number of halogens is 3. The van der Waals surface area contributed by atoms with Crippen LogP contribution in [0.4, 0.5) is 10.2 Å². The molecule has 1 heterocycles. The van der Waals surface area contributed by atoms with Crippen LogP contribution in [0.2, 0.25) is 5.02 Å². The predicted octanol–water partition coefficient (Wildman–Crippen LogP) is 5.09. The summed E-state index contributed by atoms with van der Waals surface area (Å²) >= 11 is 9.43. The molecule has 0 bridgehead atoms. The molecule has 4 rings (SSSR count). The van der Waals surface area contributed by atoms with Crippen LogP contribution in [0.1, 0.15) is 29.6 Å². The maximum atomic E-state index is 14.1. The van der Waals surface area contributed by atoms with E-state index in [-0.39, 0.29) is 16.7 Å². The fraction of sp³-hybridized carbons (Fsp3) is 0.368. The highest BCUT2D eigenvalue weighted by atomic mass is 79.9. The largest absolute Gasteiger partial charge is 0.486 e. The van der Waals surface area contributed by atoms with Gasteiger partial charge in [0.15, 0.2) is 11.6 Å². The molecule has 0 aliphatic heterocycles. The van der Waals surface area contributed by atoms with Gasteiger partial charge in [-0.2, -0.15) is 0 Å². The Bertz CT molecular complexity index is 848. The average Bonchev–Trinajstić information content (AvgIpc) is 3.20. The van der Waals surface area contributed by atoms with Gasteiger partial charge in [0.2, 0.25) is 0 Å². The number of rotatable bonds is 4. The van der Waals surface area contributed by atoms with Gasteiger partial charge in [-0.15, -0.1) is 0 Å². The van der Waals surface area contributed by atoms with E-state index >= 15 is 0 Å². The molecular weight excluding hydrogens is 423 g/mol. The maximum absolute atomic E-state index is 14.1. The Kier molecular flexibility index (Phi) is 4.65. The molecule has 0 spiro atoms. The summed E-state index contributed by atoms with van der Waals surface area (Å²) in [5, 5.41) is 0.0670. The van der Waals surface area contributed by atoms with E-state index < -0.39 is 11.7 Å². The zero-order valence-electron chi connectivity index (χ0n) is 14.1. The Balaban J connectivity index is 1.62. The molecule has 2 saturated carbocycles. The number of pyridine rings is 1. The molecule has 1 unspecified atom stereocenters. The van der Waals surface area contributed by atoms with Crippen molar-refractivity contribution in [2.24, 2.45) is 11.8 Å². The summed E-state index contributed by atoms with van der Waals surface area (Å²) in [5.74, 6) is 1.18. The summed E-state index contributed by atoms with van der Waals surface area (Å²) in [7, 11) is 1.54.